The molecule has 0 unspecified atom stereocenters. The van der Waals surface area contributed by atoms with Crippen LogP contribution in [0.2, 0.25) is 0 Å². The van der Waals surface area contributed by atoms with E-state index in [4.69, 9.17) is 10.2 Å². The molecule has 66 valence electrons. The van der Waals surface area contributed by atoms with Crippen molar-refractivity contribution in [1.82, 2.24) is 0 Å². The van der Waals surface area contributed by atoms with Gasteiger partial charge in [-0.05, 0) is 12.8 Å². The molecule has 0 aliphatic rings. The number of aliphatic hydroxyl groups is 2. The van der Waals surface area contributed by atoms with Gasteiger partial charge in [0.05, 0.1) is 13.2 Å². The molecule has 0 aromatic carbocycles. The van der Waals surface area contributed by atoms with Crippen molar-refractivity contribution in [3.8, 4) is 0 Å². The third kappa shape index (κ3) is 9.92. The van der Waals surface area contributed by atoms with Crippen LogP contribution in [-0.2, 0) is 0 Å². The van der Waals surface area contributed by atoms with Crippen molar-refractivity contribution in [3.63, 3.8) is 0 Å². The van der Waals surface area contributed by atoms with Gasteiger partial charge in [0, 0.05) is 0 Å². The summed E-state index contributed by atoms with van der Waals surface area (Å²) in [6.45, 7) is 2.45. The highest BCUT2D eigenvalue weighted by molar-refractivity contribution is 4.51. The standard InChI is InChI=1S/C9H18O2/c10-8-6-4-2-1-3-5-7-9-11/h8-11H,1-7H2. The van der Waals surface area contributed by atoms with Crippen molar-refractivity contribution in [2.24, 2.45) is 0 Å². The molecule has 0 atom stereocenters. The largest absolute Gasteiger partial charge is 0.390 e. The van der Waals surface area contributed by atoms with Crippen LogP contribution in [0.25, 0.3) is 0 Å². The highest BCUT2D eigenvalue weighted by Crippen LogP contribution is 2.07. The van der Waals surface area contributed by atoms with Crippen LogP contribution in [0.4, 0.5) is 0 Å². The lowest BCUT2D eigenvalue weighted by Gasteiger charge is -1.98. The lowest BCUT2D eigenvalue weighted by molar-refractivity contribution is 0.361. The zero-order valence-corrected chi connectivity index (χ0v) is 7.00. The summed E-state index contributed by atoms with van der Waals surface area (Å²) < 4.78 is 0. The van der Waals surface area contributed by atoms with Gasteiger partial charge in [-0.15, -0.1) is 0 Å². The van der Waals surface area contributed by atoms with Crippen molar-refractivity contribution in [2.75, 3.05) is 0 Å². The van der Waals surface area contributed by atoms with Crippen molar-refractivity contribution < 1.29 is 10.2 Å². The Balaban J connectivity index is 2.69. The first-order valence-electron chi connectivity index (χ1n) is 4.33. The van der Waals surface area contributed by atoms with Crippen molar-refractivity contribution in [3.05, 3.63) is 13.2 Å². The number of hydrogen-bond donors (Lipinski definition) is 2. The molecular weight excluding hydrogens is 140 g/mol. The molecule has 0 amide bonds. The zero-order valence-electron chi connectivity index (χ0n) is 7.00. The van der Waals surface area contributed by atoms with E-state index in [2.05, 4.69) is 0 Å². The summed E-state index contributed by atoms with van der Waals surface area (Å²) in [7, 11) is 0. The summed E-state index contributed by atoms with van der Waals surface area (Å²) in [6, 6.07) is 0. The van der Waals surface area contributed by atoms with Crippen molar-refractivity contribution in [2.45, 2.75) is 44.9 Å². The van der Waals surface area contributed by atoms with Gasteiger partial charge >= 0.3 is 0 Å². The summed E-state index contributed by atoms with van der Waals surface area (Å²) in [4.78, 5) is 0. The minimum atomic E-state index is 0.812. The van der Waals surface area contributed by atoms with E-state index in [0.717, 1.165) is 25.7 Å². The van der Waals surface area contributed by atoms with Gasteiger partial charge in [0.2, 0.25) is 0 Å². The summed E-state index contributed by atoms with van der Waals surface area (Å²) in [6.07, 6.45) is 7.36. The molecule has 0 bridgehead atoms. The van der Waals surface area contributed by atoms with Gasteiger partial charge in [-0.25, -0.2) is 0 Å². The maximum Gasteiger partial charge on any atom is 0.0799 e. The van der Waals surface area contributed by atoms with Crippen LogP contribution in [0.3, 0.4) is 0 Å². The summed E-state index contributed by atoms with van der Waals surface area (Å²) in [5.74, 6) is 0. The molecule has 2 radical (unpaired) electrons. The summed E-state index contributed by atoms with van der Waals surface area (Å²) >= 11 is 0. The molecule has 0 aromatic rings. The van der Waals surface area contributed by atoms with E-state index in [1.54, 1.807) is 0 Å². The Kier molecular flexibility index (Phi) is 9.85. The Hall–Kier alpha value is -0.0800. The molecule has 0 aromatic heterocycles. The van der Waals surface area contributed by atoms with Crippen LogP contribution in [0.1, 0.15) is 44.9 Å². The van der Waals surface area contributed by atoms with Gasteiger partial charge in [-0.1, -0.05) is 32.1 Å². The molecule has 0 rings (SSSR count). The molecule has 0 aliphatic heterocycles. The predicted octanol–water partition coefficient (Wildman–Crippen LogP) is 2.79. The lowest BCUT2D eigenvalue weighted by atomic mass is 10.1. The molecule has 0 fully saturated rings. The number of unbranched alkanes of at least 4 members (excludes halogenated alkanes) is 6. The highest BCUT2D eigenvalue weighted by atomic mass is 16.3. The summed E-state index contributed by atoms with van der Waals surface area (Å²) in [5, 5.41) is 16.7. The minimum Gasteiger partial charge on any atom is -0.390 e. The minimum absolute atomic E-state index is 0.812. The topological polar surface area (TPSA) is 40.5 Å². The fourth-order valence-electron chi connectivity index (χ4n) is 1.00. The van der Waals surface area contributed by atoms with Gasteiger partial charge in [0.15, 0.2) is 0 Å². The fourth-order valence-corrected chi connectivity index (χ4v) is 1.00. The Labute approximate surface area is 69.2 Å². The number of rotatable bonds is 8. The predicted molar refractivity (Wildman–Crippen MR) is 44.8 cm³/mol. The Bertz CT molecular complexity index is 56.6. The molecular formula is C9H18O2. The second-order valence-corrected chi connectivity index (χ2v) is 2.71. The molecule has 11 heavy (non-hydrogen) atoms. The van der Waals surface area contributed by atoms with Gasteiger partial charge < -0.3 is 10.2 Å². The first kappa shape index (κ1) is 10.9. The first-order chi connectivity index (χ1) is 5.41. The third-order valence-electron chi connectivity index (χ3n) is 1.67. The van der Waals surface area contributed by atoms with Crippen molar-refractivity contribution in [1.29, 1.82) is 0 Å². The average Bonchev–Trinajstić information content (AvgIpc) is 2.03. The molecule has 0 spiro atoms. The Morgan fingerprint density at radius 3 is 1.36 bits per heavy atom. The van der Waals surface area contributed by atoms with Gasteiger partial charge in [0.25, 0.3) is 0 Å². The average molecular weight is 158 g/mol. The maximum absolute atomic E-state index is 8.34. The Morgan fingerprint density at radius 2 is 1.00 bits per heavy atom. The highest BCUT2D eigenvalue weighted by Gasteiger charge is 1.90. The lowest BCUT2D eigenvalue weighted by Crippen LogP contribution is -1.81. The normalized spacial score (nSPS) is 10.4. The monoisotopic (exact) mass is 158 g/mol. The van der Waals surface area contributed by atoms with E-state index in [1.165, 1.54) is 32.5 Å². The fraction of sp³-hybridized carbons (Fsp3) is 0.778. The van der Waals surface area contributed by atoms with Crippen LogP contribution >= 0.6 is 0 Å². The van der Waals surface area contributed by atoms with E-state index < -0.39 is 0 Å². The van der Waals surface area contributed by atoms with Gasteiger partial charge in [-0.2, -0.15) is 0 Å². The molecule has 0 heterocycles. The van der Waals surface area contributed by atoms with Crippen LogP contribution in [0, 0.1) is 13.2 Å². The van der Waals surface area contributed by atoms with Crippen molar-refractivity contribution >= 4 is 0 Å². The molecule has 2 N–H and O–H groups in total. The first-order valence-corrected chi connectivity index (χ1v) is 4.33. The molecule has 0 aliphatic carbocycles. The second kappa shape index (κ2) is 9.92. The van der Waals surface area contributed by atoms with Crippen LogP contribution in [0.15, 0.2) is 0 Å². The SMILES string of the molecule is O[CH]CCCCCCC[CH]O. The van der Waals surface area contributed by atoms with Gasteiger partial charge in [0.1, 0.15) is 0 Å². The molecule has 2 heteroatoms. The van der Waals surface area contributed by atoms with E-state index in [1.807, 2.05) is 0 Å². The van der Waals surface area contributed by atoms with E-state index in [0.29, 0.717) is 0 Å². The molecule has 0 saturated heterocycles. The maximum atomic E-state index is 8.34. The zero-order chi connectivity index (χ0) is 8.36. The smallest absolute Gasteiger partial charge is 0.0799 e. The number of aliphatic hydroxyl groups excluding tert-OH is 2. The Morgan fingerprint density at radius 1 is 0.636 bits per heavy atom. The third-order valence-corrected chi connectivity index (χ3v) is 1.67. The molecule has 0 saturated carbocycles. The number of hydrogen-bond acceptors (Lipinski definition) is 2. The summed E-state index contributed by atoms with van der Waals surface area (Å²) in [5.41, 5.74) is 0. The van der Waals surface area contributed by atoms with E-state index >= 15 is 0 Å². The van der Waals surface area contributed by atoms with Crippen LogP contribution < -0.4 is 0 Å². The van der Waals surface area contributed by atoms with E-state index in [9.17, 15) is 0 Å². The van der Waals surface area contributed by atoms with E-state index in [-0.39, 0.29) is 0 Å². The van der Waals surface area contributed by atoms with Crippen LogP contribution in [-0.4, -0.2) is 10.2 Å². The van der Waals surface area contributed by atoms with Gasteiger partial charge in [-0.3, -0.25) is 0 Å². The quantitative estimate of drug-likeness (QED) is 0.533. The molecule has 2 nitrogen and oxygen atoms in total. The second-order valence-electron chi connectivity index (χ2n) is 2.71. The van der Waals surface area contributed by atoms with Crippen LogP contribution in [0.5, 0.6) is 0 Å².